The lowest BCUT2D eigenvalue weighted by Gasteiger charge is -2.06. The predicted molar refractivity (Wildman–Crippen MR) is 72.0 cm³/mol. The third kappa shape index (κ3) is 5.12. The van der Waals surface area contributed by atoms with E-state index in [1.54, 1.807) is 0 Å². The largest absolute Gasteiger partial charge is 0.494 e. The highest BCUT2D eigenvalue weighted by atomic mass is 32.1. The number of nitrogens with two attached hydrogens (primary N) is 1. The van der Waals surface area contributed by atoms with E-state index in [4.69, 9.17) is 22.7 Å². The van der Waals surface area contributed by atoms with Crippen LogP contribution in [0, 0.1) is 0 Å². The Morgan fingerprint density at radius 2 is 1.94 bits per heavy atom. The van der Waals surface area contributed by atoms with E-state index in [0.29, 0.717) is 4.99 Å². The van der Waals surface area contributed by atoms with Crippen molar-refractivity contribution >= 4 is 17.2 Å². The molecule has 0 spiro atoms. The van der Waals surface area contributed by atoms with Crippen LogP contribution in [0.5, 0.6) is 5.75 Å². The molecular weight excluding hydrogens is 218 g/mol. The maximum absolute atomic E-state index is 5.60. The maximum atomic E-state index is 5.60. The van der Waals surface area contributed by atoms with Crippen molar-refractivity contribution in [1.29, 1.82) is 0 Å². The second kappa shape index (κ2) is 7.23. The van der Waals surface area contributed by atoms with Gasteiger partial charge in [-0.2, -0.15) is 0 Å². The van der Waals surface area contributed by atoms with Crippen LogP contribution < -0.4 is 10.5 Å². The molecule has 0 amide bonds. The van der Waals surface area contributed by atoms with Crippen molar-refractivity contribution < 1.29 is 4.74 Å². The molecule has 1 aromatic rings. The number of thiocarbonyl (C=S) groups is 1. The van der Waals surface area contributed by atoms with Crippen LogP contribution in [0.25, 0.3) is 0 Å². The van der Waals surface area contributed by atoms with Crippen molar-refractivity contribution in [3.8, 4) is 5.75 Å². The summed E-state index contributed by atoms with van der Waals surface area (Å²) in [4.78, 5) is 0.590. The number of ether oxygens (including phenoxy) is 1. The minimum absolute atomic E-state index is 0.590. The molecule has 1 aromatic carbocycles. The van der Waals surface area contributed by atoms with Crippen molar-refractivity contribution in [2.75, 3.05) is 6.61 Å². The molecule has 88 valence electrons. The summed E-state index contributed by atoms with van der Waals surface area (Å²) in [6.07, 6.45) is 3.87. The molecule has 0 aliphatic carbocycles. The van der Waals surface area contributed by atoms with Crippen LogP contribution in [0.3, 0.4) is 0 Å². The molecule has 0 aromatic heterocycles. The zero-order valence-electron chi connectivity index (χ0n) is 9.74. The van der Waals surface area contributed by atoms with Crippen molar-refractivity contribution in [2.45, 2.75) is 32.6 Å². The molecule has 0 radical (unpaired) electrons. The number of unbranched alkanes of at least 4 members (excludes halogenated alkanes) is 1. The van der Waals surface area contributed by atoms with Gasteiger partial charge in [-0.3, -0.25) is 0 Å². The summed E-state index contributed by atoms with van der Waals surface area (Å²) in [7, 11) is 0. The quantitative estimate of drug-likeness (QED) is 0.584. The van der Waals surface area contributed by atoms with E-state index < -0.39 is 0 Å². The van der Waals surface area contributed by atoms with E-state index in [1.807, 2.05) is 12.1 Å². The predicted octanol–water partition coefficient (Wildman–Crippen LogP) is 3.08. The number of rotatable bonds is 7. The molecule has 0 aliphatic rings. The summed E-state index contributed by atoms with van der Waals surface area (Å²) in [5.41, 5.74) is 6.74. The van der Waals surface area contributed by atoms with Gasteiger partial charge in [0.2, 0.25) is 0 Å². The molecule has 2 N–H and O–H groups in total. The minimum atomic E-state index is 0.590. The number of hydrogen-bond donors (Lipinski definition) is 1. The highest BCUT2D eigenvalue weighted by molar-refractivity contribution is 7.80. The van der Waals surface area contributed by atoms with Gasteiger partial charge in [0.15, 0.2) is 0 Å². The van der Waals surface area contributed by atoms with Gasteiger partial charge in [-0.25, -0.2) is 0 Å². The molecular formula is C13H19NOS. The lowest BCUT2D eigenvalue weighted by Crippen LogP contribution is -2.07. The standard InChI is InChI=1S/C13H19NOS/c1-2-11-6-8-12(9-7-11)15-10-4-3-5-13(14)16/h6-9H,2-5,10H2,1H3,(H2,14,16). The zero-order valence-corrected chi connectivity index (χ0v) is 10.6. The van der Waals surface area contributed by atoms with E-state index in [2.05, 4.69) is 19.1 Å². The fourth-order valence-electron chi connectivity index (χ4n) is 1.41. The molecule has 0 fully saturated rings. The summed E-state index contributed by atoms with van der Waals surface area (Å²) in [5.74, 6) is 0.938. The van der Waals surface area contributed by atoms with E-state index >= 15 is 0 Å². The van der Waals surface area contributed by atoms with Gasteiger partial charge in [-0.1, -0.05) is 31.3 Å². The second-order valence-corrected chi connectivity index (χ2v) is 4.29. The molecule has 0 aliphatic heterocycles. The Morgan fingerprint density at radius 3 is 2.50 bits per heavy atom. The van der Waals surface area contributed by atoms with Crippen LogP contribution in [0.1, 0.15) is 31.7 Å². The number of hydrogen-bond acceptors (Lipinski definition) is 2. The van der Waals surface area contributed by atoms with Crippen LogP contribution in [0.15, 0.2) is 24.3 Å². The van der Waals surface area contributed by atoms with Crippen molar-refractivity contribution in [3.05, 3.63) is 29.8 Å². The summed E-state index contributed by atoms with van der Waals surface area (Å²) >= 11 is 4.80. The number of aryl methyl sites for hydroxylation is 1. The average molecular weight is 237 g/mol. The lowest BCUT2D eigenvalue weighted by molar-refractivity contribution is 0.308. The first-order valence-corrected chi connectivity index (χ1v) is 6.13. The van der Waals surface area contributed by atoms with Gasteiger partial charge in [0.05, 0.1) is 11.6 Å². The highest BCUT2D eigenvalue weighted by Crippen LogP contribution is 2.13. The summed E-state index contributed by atoms with van der Waals surface area (Å²) < 4.78 is 5.60. The molecule has 16 heavy (non-hydrogen) atoms. The van der Waals surface area contributed by atoms with Gasteiger partial charge >= 0.3 is 0 Å². The molecule has 0 heterocycles. The van der Waals surface area contributed by atoms with E-state index in [9.17, 15) is 0 Å². The average Bonchev–Trinajstić information content (AvgIpc) is 2.29. The second-order valence-electron chi connectivity index (χ2n) is 3.77. The minimum Gasteiger partial charge on any atom is -0.494 e. The monoisotopic (exact) mass is 237 g/mol. The van der Waals surface area contributed by atoms with E-state index in [-0.39, 0.29) is 0 Å². The van der Waals surface area contributed by atoms with Gasteiger partial charge < -0.3 is 10.5 Å². The molecule has 2 nitrogen and oxygen atoms in total. The fraction of sp³-hybridized carbons (Fsp3) is 0.462. The first-order valence-electron chi connectivity index (χ1n) is 5.72. The Kier molecular flexibility index (Phi) is 5.86. The summed E-state index contributed by atoms with van der Waals surface area (Å²) in [6.45, 7) is 2.87. The van der Waals surface area contributed by atoms with Gasteiger partial charge in [0.1, 0.15) is 5.75 Å². The normalized spacial score (nSPS) is 10.1. The Bertz CT molecular complexity index is 321. The van der Waals surface area contributed by atoms with Crippen LogP contribution in [0.2, 0.25) is 0 Å². The summed E-state index contributed by atoms with van der Waals surface area (Å²) in [5, 5.41) is 0. The molecule has 3 heteroatoms. The molecule has 0 bridgehead atoms. The van der Waals surface area contributed by atoms with Gasteiger partial charge in [0, 0.05) is 0 Å². The Hall–Kier alpha value is -1.09. The Balaban J connectivity index is 2.19. The first-order chi connectivity index (χ1) is 7.72. The van der Waals surface area contributed by atoms with Gasteiger partial charge in [0.25, 0.3) is 0 Å². The zero-order chi connectivity index (χ0) is 11.8. The summed E-state index contributed by atoms with van der Waals surface area (Å²) in [6, 6.07) is 8.24. The van der Waals surface area contributed by atoms with Crippen LogP contribution in [0.4, 0.5) is 0 Å². The van der Waals surface area contributed by atoms with E-state index in [0.717, 1.165) is 38.0 Å². The lowest BCUT2D eigenvalue weighted by atomic mass is 10.2. The maximum Gasteiger partial charge on any atom is 0.119 e. The number of benzene rings is 1. The third-order valence-electron chi connectivity index (χ3n) is 2.42. The van der Waals surface area contributed by atoms with Crippen molar-refractivity contribution in [3.63, 3.8) is 0 Å². The van der Waals surface area contributed by atoms with Crippen LogP contribution >= 0.6 is 12.2 Å². The van der Waals surface area contributed by atoms with Crippen molar-refractivity contribution in [1.82, 2.24) is 0 Å². The molecule has 0 unspecified atom stereocenters. The molecule has 0 saturated carbocycles. The van der Waals surface area contributed by atoms with Crippen LogP contribution in [-0.4, -0.2) is 11.6 Å². The first kappa shape index (κ1) is 13.0. The molecule has 0 atom stereocenters. The highest BCUT2D eigenvalue weighted by Gasteiger charge is 1.95. The molecule has 1 rings (SSSR count). The fourth-order valence-corrected chi connectivity index (χ4v) is 1.56. The van der Waals surface area contributed by atoms with Crippen LogP contribution in [-0.2, 0) is 6.42 Å². The topological polar surface area (TPSA) is 35.2 Å². The van der Waals surface area contributed by atoms with Gasteiger partial charge in [-0.15, -0.1) is 0 Å². The third-order valence-corrected chi connectivity index (χ3v) is 2.62. The smallest absolute Gasteiger partial charge is 0.119 e. The molecule has 0 saturated heterocycles. The Morgan fingerprint density at radius 1 is 1.25 bits per heavy atom. The van der Waals surface area contributed by atoms with E-state index in [1.165, 1.54) is 5.56 Å². The van der Waals surface area contributed by atoms with Gasteiger partial charge in [-0.05, 0) is 43.4 Å². The van der Waals surface area contributed by atoms with Crippen molar-refractivity contribution in [2.24, 2.45) is 5.73 Å². The SMILES string of the molecule is CCc1ccc(OCCCCC(N)=S)cc1. The Labute approximate surface area is 103 Å².